The number of carbonyl (C=O) groups excluding carboxylic acids is 1. The van der Waals surface area contributed by atoms with Crippen LogP contribution in [-0.4, -0.2) is 58.1 Å². The zero-order chi connectivity index (χ0) is 31.7. The van der Waals surface area contributed by atoms with Gasteiger partial charge in [0, 0.05) is 0 Å². The summed E-state index contributed by atoms with van der Waals surface area (Å²) in [5, 5.41) is 23.2. The van der Waals surface area contributed by atoms with E-state index < -0.39 is 66.5 Å². The molecule has 12 heteroatoms. The van der Waals surface area contributed by atoms with Crippen LogP contribution in [0.15, 0.2) is 66.4 Å². The average Bonchev–Trinajstić information content (AvgIpc) is 3.35. The third-order valence-electron chi connectivity index (χ3n) is 7.57. The van der Waals surface area contributed by atoms with E-state index in [4.69, 9.17) is 9.47 Å². The number of fused-ring (bicyclic) bond motifs is 2. The van der Waals surface area contributed by atoms with Crippen molar-refractivity contribution in [1.82, 2.24) is 10.3 Å². The fourth-order valence-corrected chi connectivity index (χ4v) is 7.89. The van der Waals surface area contributed by atoms with Gasteiger partial charge < -0.3 is 5.11 Å². The van der Waals surface area contributed by atoms with Crippen LogP contribution in [0.5, 0.6) is 11.5 Å². The van der Waals surface area contributed by atoms with Crippen LogP contribution in [0.2, 0.25) is 0 Å². The first kappa shape index (κ1) is 32.0. The monoisotopic (exact) mass is 725 g/mol. The smallest absolute Gasteiger partial charge is 0.393 e. The third kappa shape index (κ3) is 6.21. The second kappa shape index (κ2) is 12.5. The SMILES string of the molecule is COc1cc(C(=O)NCC(O)(c2cc3c(c(-c4ccc(F)cc4)n2)OCC32C=C=CC[I-]2)C(F)(F)F)ccc1CCC(C)O. The summed E-state index contributed by atoms with van der Waals surface area (Å²) in [7, 11) is 1.40. The number of hydrogen-bond donors (Lipinski definition) is 3. The number of aryl methyl sites for hydroxylation is 1. The normalized spacial score (nSPS) is 19.5. The first-order valence-corrected chi connectivity index (χ1v) is 16.4. The number of rotatable bonds is 9. The maximum atomic E-state index is 14.8. The van der Waals surface area contributed by atoms with Gasteiger partial charge in [0.25, 0.3) is 0 Å². The van der Waals surface area contributed by atoms with E-state index in [2.05, 4.69) is 16.0 Å². The predicted octanol–water partition coefficient (Wildman–Crippen LogP) is 1.79. The van der Waals surface area contributed by atoms with Gasteiger partial charge in [0.2, 0.25) is 0 Å². The Kier molecular flexibility index (Phi) is 9.08. The molecular weight excluding hydrogens is 695 g/mol. The minimum Gasteiger partial charge on any atom is -0.393 e. The predicted molar refractivity (Wildman–Crippen MR) is 150 cm³/mol. The number of nitrogens with one attached hydrogen (secondary N) is 1. The summed E-state index contributed by atoms with van der Waals surface area (Å²) < 4.78 is 69.4. The second-order valence-corrected chi connectivity index (χ2v) is 14.2. The molecule has 7 nitrogen and oxygen atoms in total. The number of amides is 1. The Balaban J connectivity index is 1.53. The van der Waals surface area contributed by atoms with Crippen molar-refractivity contribution in [3.05, 3.63) is 94.6 Å². The van der Waals surface area contributed by atoms with Gasteiger partial charge in [0.05, 0.1) is 13.2 Å². The van der Waals surface area contributed by atoms with Crippen molar-refractivity contribution in [3.63, 3.8) is 0 Å². The van der Waals surface area contributed by atoms with Gasteiger partial charge in [-0.25, -0.2) is 0 Å². The zero-order valence-corrected chi connectivity index (χ0v) is 26.0. The molecule has 3 atom stereocenters. The fraction of sp³-hybridized carbons (Fsp3) is 0.344. The molecular formula is C32H30F4IN2O5-. The molecule has 0 aliphatic carbocycles. The maximum absolute atomic E-state index is 14.8. The topological polar surface area (TPSA) is 101 Å². The van der Waals surface area contributed by atoms with Crippen LogP contribution in [0.3, 0.4) is 0 Å². The minimum atomic E-state index is -5.24. The Morgan fingerprint density at radius 2 is 1.98 bits per heavy atom. The van der Waals surface area contributed by atoms with E-state index >= 15 is 0 Å². The molecule has 44 heavy (non-hydrogen) atoms. The number of hydrogen-bond acceptors (Lipinski definition) is 6. The van der Waals surface area contributed by atoms with Crippen LogP contribution in [0.25, 0.3) is 11.3 Å². The number of carbonyl (C=O) groups is 1. The molecule has 3 aromatic rings. The van der Waals surface area contributed by atoms with E-state index in [9.17, 15) is 32.6 Å². The van der Waals surface area contributed by atoms with Crippen molar-refractivity contribution in [2.45, 2.75) is 41.1 Å². The molecule has 2 aromatic carbocycles. The number of methoxy groups -OCH3 is 1. The van der Waals surface area contributed by atoms with Gasteiger partial charge in [-0.1, -0.05) is 0 Å². The summed E-state index contributed by atoms with van der Waals surface area (Å²) in [5.41, 5.74) is 0.304. The number of benzene rings is 2. The van der Waals surface area contributed by atoms with Crippen LogP contribution in [0, 0.1) is 5.82 Å². The number of aliphatic hydroxyl groups excluding tert-OH is 1. The van der Waals surface area contributed by atoms with Crippen LogP contribution in [0.1, 0.15) is 40.5 Å². The van der Waals surface area contributed by atoms with Crippen LogP contribution < -0.4 is 36.0 Å². The van der Waals surface area contributed by atoms with E-state index in [-0.39, 0.29) is 23.6 Å². The standard InChI is InChI=1S/C32H30F4IN2O5/c1-19(40)5-6-20-7-8-22(15-25(20)43-2)29(41)38-17-31(42,32(34,35)36)26-16-24-28(44-18-30(24)13-3-4-14-37-30)27(39-26)21-9-11-23(33)12-10-21/h4,7-13,15-16,19,40,42H,5-6,14,17-18H2,1-2H3,(H,38,41)/q-1. The Hall–Kier alpha value is -3.45. The Morgan fingerprint density at radius 3 is 2.61 bits per heavy atom. The summed E-state index contributed by atoms with van der Waals surface area (Å²) in [6.07, 6.45) is -1.21. The quantitative estimate of drug-likeness (QED) is 0.135. The van der Waals surface area contributed by atoms with Crippen LogP contribution in [0.4, 0.5) is 17.6 Å². The summed E-state index contributed by atoms with van der Waals surface area (Å²) in [5.74, 6) is -0.778. The average molecular weight is 725 g/mol. The molecule has 234 valence electrons. The van der Waals surface area contributed by atoms with Crippen molar-refractivity contribution < 1.29 is 63.2 Å². The van der Waals surface area contributed by atoms with Gasteiger partial charge in [-0.15, -0.1) is 0 Å². The van der Waals surface area contributed by atoms with E-state index in [1.54, 1.807) is 19.1 Å². The first-order chi connectivity index (χ1) is 20.9. The van der Waals surface area contributed by atoms with Crippen molar-refractivity contribution in [2.75, 3.05) is 24.7 Å². The number of pyridine rings is 1. The molecule has 0 bridgehead atoms. The molecule has 0 fully saturated rings. The van der Waals surface area contributed by atoms with Crippen molar-refractivity contribution in [1.29, 1.82) is 0 Å². The van der Waals surface area contributed by atoms with E-state index in [1.807, 2.05) is 6.08 Å². The van der Waals surface area contributed by atoms with Gasteiger partial charge in [-0.2, -0.15) is 0 Å². The summed E-state index contributed by atoms with van der Waals surface area (Å²) >= 11 is -0.640. The number of aromatic nitrogens is 1. The molecule has 1 spiro atoms. The molecule has 3 N–H and O–H groups in total. The molecule has 3 heterocycles. The van der Waals surface area contributed by atoms with Gasteiger partial charge in [-0.3, -0.25) is 0 Å². The molecule has 1 amide bonds. The zero-order valence-electron chi connectivity index (χ0n) is 23.8. The van der Waals surface area contributed by atoms with Gasteiger partial charge in [-0.05, 0) is 19.8 Å². The van der Waals surface area contributed by atoms with Crippen LogP contribution >= 0.6 is 0 Å². The van der Waals surface area contributed by atoms with Crippen molar-refractivity contribution >= 4 is 5.91 Å². The molecule has 0 radical (unpaired) electrons. The molecule has 5 rings (SSSR count). The van der Waals surface area contributed by atoms with Crippen molar-refractivity contribution in [3.8, 4) is 22.8 Å². The fourth-order valence-electron chi connectivity index (χ4n) is 5.04. The Labute approximate surface area is 261 Å². The van der Waals surface area contributed by atoms with E-state index in [0.717, 1.165) is 22.1 Å². The van der Waals surface area contributed by atoms with Crippen LogP contribution in [-0.2, 0) is 15.4 Å². The first-order valence-electron chi connectivity index (χ1n) is 13.8. The van der Waals surface area contributed by atoms with E-state index in [0.29, 0.717) is 29.7 Å². The number of nitrogens with zero attached hydrogens (tertiary/aromatic N) is 1. The summed E-state index contributed by atoms with van der Waals surface area (Å²) in [6.45, 7) is 0.604. The number of ether oxygens (including phenoxy) is 2. The second-order valence-electron chi connectivity index (χ2n) is 10.6. The Morgan fingerprint density at radius 1 is 1.23 bits per heavy atom. The third-order valence-corrected chi connectivity index (χ3v) is 11.0. The van der Waals surface area contributed by atoms with Crippen molar-refractivity contribution in [2.24, 2.45) is 0 Å². The van der Waals surface area contributed by atoms with Gasteiger partial charge in [0.15, 0.2) is 0 Å². The number of halogens is 5. The molecule has 3 unspecified atom stereocenters. The van der Waals surface area contributed by atoms with Gasteiger partial charge in [0.1, 0.15) is 0 Å². The van der Waals surface area contributed by atoms with Gasteiger partial charge >= 0.3 is 224 Å². The number of alkyl halides is 5. The summed E-state index contributed by atoms with van der Waals surface area (Å²) in [4.78, 5) is 17.3. The molecule has 0 saturated carbocycles. The molecule has 2 aliphatic heterocycles. The minimum absolute atomic E-state index is 0.0253. The Bertz CT molecular complexity index is 1620. The molecule has 0 saturated heterocycles. The summed E-state index contributed by atoms with van der Waals surface area (Å²) in [6, 6.07) is 10.7. The molecule has 2 aliphatic rings. The van der Waals surface area contributed by atoms with E-state index in [1.165, 1.54) is 37.4 Å². The molecule has 1 aromatic heterocycles. The number of aliphatic hydroxyl groups is 2.